The fourth-order valence-electron chi connectivity index (χ4n) is 19.1. The lowest BCUT2D eigenvalue weighted by molar-refractivity contribution is 0.308. The lowest BCUT2D eigenvalue weighted by Crippen LogP contribution is -2.23. The Bertz CT molecular complexity index is 5110. The molecule has 8 aromatic carbocycles. The van der Waals surface area contributed by atoms with Crippen molar-refractivity contribution in [3.8, 4) is 46.0 Å². The highest BCUT2D eigenvalue weighted by molar-refractivity contribution is 5.71. The molecule has 4 unspecified atom stereocenters. The van der Waals surface area contributed by atoms with Crippen LogP contribution in [0.5, 0.6) is 46.0 Å². The second-order valence-corrected chi connectivity index (χ2v) is 37.2. The van der Waals surface area contributed by atoms with Crippen molar-refractivity contribution in [3.63, 3.8) is 0 Å². The van der Waals surface area contributed by atoms with Gasteiger partial charge in [-0.25, -0.2) is 0 Å². The number of ether oxygens (including phenoxy) is 8. The average molecular weight is 1680 g/mol. The van der Waals surface area contributed by atoms with Crippen LogP contribution in [0, 0.1) is 0 Å². The van der Waals surface area contributed by atoms with Gasteiger partial charge < -0.3 is 83.8 Å². The zero-order valence-corrected chi connectivity index (χ0v) is 76.7. The Hall–Kier alpha value is -11.5. The zero-order chi connectivity index (χ0) is 90.6. The highest BCUT2D eigenvalue weighted by Crippen LogP contribution is 2.60. The van der Waals surface area contributed by atoms with Crippen LogP contribution in [-0.2, 0) is 43.3 Å². The molecule has 664 valence electrons. The summed E-state index contributed by atoms with van der Waals surface area (Å²) >= 11 is 0. The molecule has 0 heterocycles. The van der Waals surface area contributed by atoms with Crippen LogP contribution in [0.3, 0.4) is 0 Å². The molecule has 0 saturated carbocycles. The van der Waals surface area contributed by atoms with E-state index in [2.05, 4.69) is 221 Å². The number of nitrogens with two attached hydrogens (primary N) is 8. The molecule has 0 bridgehead atoms. The van der Waals surface area contributed by atoms with E-state index < -0.39 is 0 Å². The average Bonchev–Trinajstić information content (AvgIpc) is 1.59. The monoisotopic (exact) mass is 1680 g/mol. The Labute approximate surface area is 742 Å². The number of nitrogen functional groups attached to an aromatic ring is 8. The highest BCUT2D eigenvalue weighted by atomic mass is 16.5. The van der Waals surface area contributed by atoms with Crippen molar-refractivity contribution in [2.45, 2.75) is 229 Å². The van der Waals surface area contributed by atoms with Crippen LogP contribution in [0.4, 0.5) is 45.5 Å². The Balaban J connectivity index is 0.000000188. The van der Waals surface area contributed by atoms with Gasteiger partial charge in [0.25, 0.3) is 0 Å². The predicted molar refractivity (Wildman–Crippen MR) is 524 cm³/mol. The van der Waals surface area contributed by atoms with Crippen LogP contribution >= 0.6 is 0 Å². The van der Waals surface area contributed by atoms with E-state index >= 15 is 0 Å². The van der Waals surface area contributed by atoms with Gasteiger partial charge in [0.05, 0.1) is 85.1 Å². The smallest absolute Gasteiger partial charge is 0.142 e. The molecule has 0 amide bonds. The molecular formula is C108H144N8O8. The molecule has 12 rings (SSSR count). The van der Waals surface area contributed by atoms with E-state index in [4.69, 9.17) is 83.8 Å². The van der Waals surface area contributed by atoms with Crippen LogP contribution in [0.2, 0.25) is 0 Å². The van der Waals surface area contributed by atoms with Gasteiger partial charge in [-0.2, -0.15) is 0 Å². The van der Waals surface area contributed by atoms with Gasteiger partial charge in [0, 0.05) is 21.7 Å². The number of fused-ring (bicyclic) bond motifs is 4. The molecule has 0 aromatic heterocycles. The quantitative estimate of drug-likeness (QED) is 0.0101. The molecule has 4 aliphatic carbocycles. The Kier molecular flexibility index (Phi) is 32.4. The maximum Gasteiger partial charge on any atom is 0.142 e. The second kappa shape index (κ2) is 41.8. The first kappa shape index (κ1) is 96.3. The molecular weight excluding hydrogens is 1540 g/mol. The molecule has 4 aliphatic rings. The lowest BCUT2D eigenvalue weighted by Gasteiger charge is -2.29. The minimum atomic E-state index is -0.204. The van der Waals surface area contributed by atoms with Gasteiger partial charge in [-0.1, -0.05) is 169 Å². The fraction of sp³-hybridized carbons (Fsp3) is 0.407. The SMILES string of the molecule is C=CCCCCOc1ccc(C2(C)CC(C)(C)c3cc(N)c(OCCCCC=C)cc32)cc1N.C=CCCCOc1ccc(C2(C)CC(C)(C)c3cc(N)c(OCCCC=C)cc32)cc1N.C=CCCOc1ccc(C2(C)CC(C)(C)c3cc(N)c(OCCC=C)cc32)cc1N.C=CCOc1ccc(C2(C)CC(C)(C)c3cc(N)c(OCC=C)cc32)cc1N. The summed E-state index contributed by atoms with van der Waals surface area (Å²) in [5.41, 5.74) is 70.2. The van der Waals surface area contributed by atoms with Gasteiger partial charge in [0.2, 0.25) is 0 Å². The third-order valence-electron chi connectivity index (χ3n) is 25.3. The summed E-state index contributed by atoms with van der Waals surface area (Å²) in [6.45, 7) is 61.8. The van der Waals surface area contributed by atoms with Crippen LogP contribution in [0.25, 0.3) is 0 Å². The summed E-state index contributed by atoms with van der Waals surface area (Å²) in [4.78, 5) is 0. The van der Waals surface area contributed by atoms with E-state index in [9.17, 15) is 0 Å². The Morgan fingerprint density at radius 3 is 0.694 bits per heavy atom. The minimum Gasteiger partial charge on any atom is -0.491 e. The molecule has 16 heteroatoms. The highest BCUT2D eigenvalue weighted by Gasteiger charge is 2.51. The van der Waals surface area contributed by atoms with Crippen LogP contribution in [-0.4, -0.2) is 52.9 Å². The van der Waals surface area contributed by atoms with Crippen molar-refractivity contribution in [2.75, 3.05) is 98.7 Å². The normalized spacial score (nSPS) is 18.9. The Morgan fingerprint density at radius 2 is 0.435 bits per heavy atom. The molecule has 124 heavy (non-hydrogen) atoms. The molecule has 8 aromatic rings. The summed E-state index contributed by atoms with van der Waals surface area (Å²) in [5, 5.41) is 0. The summed E-state index contributed by atoms with van der Waals surface area (Å²) in [5.74, 6) is 5.84. The van der Waals surface area contributed by atoms with Crippen molar-refractivity contribution < 1.29 is 37.9 Å². The molecule has 0 spiro atoms. The van der Waals surface area contributed by atoms with Crippen molar-refractivity contribution in [1.82, 2.24) is 0 Å². The minimum absolute atomic E-state index is 0.00419. The van der Waals surface area contributed by atoms with E-state index in [1.807, 2.05) is 72.9 Å². The number of unbranched alkanes of at least 4 members (excludes halogenated alkanes) is 6. The predicted octanol–water partition coefficient (Wildman–Crippen LogP) is 24.6. The summed E-state index contributed by atoms with van der Waals surface area (Å²) in [6, 6.07) is 41.5. The summed E-state index contributed by atoms with van der Waals surface area (Å²) < 4.78 is 47.2. The molecule has 0 aliphatic heterocycles. The van der Waals surface area contributed by atoms with Crippen LogP contribution in [0.1, 0.15) is 253 Å². The van der Waals surface area contributed by atoms with Gasteiger partial charge >= 0.3 is 0 Å². The van der Waals surface area contributed by atoms with Crippen LogP contribution < -0.4 is 83.8 Å². The molecule has 0 radical (unpaired) electrons. The standard InChI is InChI=1S/C30H42N2O2.C28H38N2O2.C26H34N2O2.C24H30N2O2/c1-6-8-10-12-16-33-27-15-14-22(18-25(27)31)30(5)21-29(3,4)23-19-26(32)28(20-24(23)30)34-17-13-11-9-7-2;1-6-8-10-14-31-25-13-12-20(16-23(25)29)28(5)19-27(3,4)21-17-24(30)26(18-22(21)28)32-15-11-9-7-2;1-6-8-12-29-23-11-10-18(14-21(23)27)26(5)17-25(3,4)19-15-22(28)24(16-20(19)26)30-13-9-7-2;1-6-10-27-21-9-8-16(12-19(21)25)24(5)15-23(3,4)17-13-20(26)22(14-18(17)24)28-11-7-2/h6-7,14-15,18-20H,1-2,8-13,16-17,21,31-32H2,3-5H3;6-7,12-13,16-18H,1-2,8-11,14-15,19,29-30H2,3-5H3;6-7,10-11,14-16H,1-2,8-9,12-13,17,27-28H2,3-5H3;6-9,12-14H,1-2,10-11,15,25-26H2,3-5H3. The van der Waals surface area contributed by atoms with Gasteiger partial charge in [-0.05, 0) is 288 Å². The first-order valence-electron chi connectivity index (χ1n) is 44.2. The number of hydrogen-bond donors (Lipinski definition) is 8. The molecule has 0 saturated heterocycles. The van der Waals surface area contributed by atoms with Crippen molar-refractivity contribution >= 4 is 45.5 Å². The van der Waals surface area contributed by atoms with E-state index in [0.717, 1.165) is 137 Å². The topological polar surface area (TPSA) is 282 Å². The van der Waals surface area contributed by atoms with Gasteiger partial charge in [0.15, 0.2) is 0 Å². The molecule has 16 N–H and O–H groups in total. The van der Waals surface area contributed by atoms with Crippen molar-refractivity contribution in [2.24, 2.45) is 0 Å². The van der Waals surface area contributed by atoms with Gasteiger partial charge in [-0.3, -0.25) is 0 Å². The van der Waals surface area contributed by atoms with Gasteiger partial charge in [-0.15, -0.1) is 39.5 Å². The first-order valence-corrected chi connectivity index (χ1v) is 44.2. The summed E-state index contributed by atoms with van der Waals surface area (Å²) in [6.07, 6.45) is 30.1. The maximum absolute atomic E-state index is 6.44. The van der Waals surface area contributed by atoms with Crippen LogP contribution in [0.15, 0.2) is 223 Å². The second-order valence-electron chi connectivity index (χ2n) is 37.2. The largest absolute Gasteiger partial charge is 0.491 e. The first-order chi connectivity index (χ1) is 58.9. The number of rotatable bonds is 40. The van der Waals surface area contributed by atoms with E-state index in [-0.39, 0.29) is 43.3 Å². The molecule has 16 nitrogen and oxygen atoms in total. The van der Waals surface area contributed by atoms with Gasteiger partial charge in [0.1, 0.15) is 59.2 Å². The van der Waals surface area contributed by atoms with E-state index in [1.54, 1.807) is 12.2 Å². The van der Waals surface area contributed by atoms with Crippen molar-refractivity contribution in [3.05, 3.63) is 289 Å². The fourth-order valence-corrected chi connectivity index (χ4v) is 19.1. The number of hydrogen-bond acceptors (Lipinski definition) is 16. The molecule has 4 atom stereocenters. The molecule has 0 fully saturated rings. The van der Waals surface area contributed by atoms with E-state index in [0.29, 0.717) is 116 Å². The summed E-state index contributed by atoms with van der Waals surface area (Å²) in [7, 11) is 0. The maximum atomic E-state index is 6.44. The number of anilines is 8. The zero-order valence-electron chi connectivity index (χ0n) is 76.7. The third-order valence-corrected chi connectivity index (χ3v) is 25.3. The Morgan fingerprint density at radius 1 is 0.226 bits per heavy atom. The van der Waals surface area contributed by atoms with Crippen molar-refractivity contribution in [1.29, 1.82) is 0 Å². The number of allylic oxidation sites excluding steroid dienone is 4. The van der Waals surface area contributed by atoms with E-state index in [1.165, 1.54) is 61.2 Å². The number of benzene rings is 8. The third kappa shape index (κ3) is 22.2. The lowest BCUT2D eigenvalue weighted by atomic mass is 9.75.